The van der Waals surface area contributed by atoms with Gasteiger partial charge in [-0.2, -0.15) is 0 Å². The number of carbonyl (C=O) groups excluding carboxylic acids is 2. The van der Waals surface area contributed by atoms with Gasteiger partial charge in [-0.05, 0) is 49.0 Å². The van der Waals surface area contributed by atoms with Gasteiger partial charge in [0.15, 0.2) is 11.7 Å². The first-order chi connectivity index (χ1) is 12.0. The summed E-state index contributed by atoms with van der Waals surface area (Å²) < 4.78 is 5.41. The third kappa shape index (κ3) is 6.06. The van der Waals surface area contributed by atoms with Crippen molar-refractivity contribution < 1.29 is 14.3 Å². The first kappa shape index (κ1) is 18.7. The molecule has 0 aromatic heterocycles. The van der Waals surface area contributed by atoms with Crippen LogP contribution in [0.3, 0.4) is 0 Å². The lowest BCUT2D eigenvalue weighted by atomic mass is 10.2. The number of thiocarbonyl (C=S) groups is 1. The fourth-order valence-corrected chi connectivity index (χ4v) is 2.23. The Bertz CT molecular complexity index is 798. The van der Waals surface area contributed by atoms with Crippen LogP contribution in [0.2, 0.25) is 5.02 Å². The van der Waals surface area contributed by atoms with E-state index in [0.29, 0.717) is 16.3 Å². The van der Waals surface area contributed by atoms with E-state index >= 15 is 0 Å². The van der Waals surface area contributed by atoms with Crippen LogP contribution < -0.4 is 20.9 Å². The molecule has 2 aromatic carbocycles. The van der Waals surface area contributed by atoms with E-state index in [9.17, 15) is 9.59 Å². The maximum atomic E-state index is 11.9. The van der Waals surface area contributed by atoms with Crippen LogP contribution in [0.1, 0.15) is 15.9 Å². The summed E-state index contributed by atoms with van der Waals surface area (Å²) in [5, 5.41) is 2.80. The highest BCUT2D eigenvalue weighted by molar-refractivity contribution is 7.80. The van der Waals surface area contributed by atoms with Crippen LogP contribution in [-0.2, 0) is 4.79 Å². The molecule has 0 bridgehead atoms. The number of hydrogen-bond donors (Lipinski definition) is 3. The number of amides is 2. The third-order valence-electron chi connectivity index (χ3n) is 3.08. The van der Waals surface area contributed by atoms with Crippen LogP contribution in [0.25, 0.3) is 0 Å². The molecule has 130 valence electrons. The zero-order valence-electron chi connectivity index (χ0n) is 13.3. The molecule has 0 radical (unpaired) electrons. The zero-order chi connectivity index (χ0) is 18.2. The highest BCUT2D eigenvalue weighted by Gasteiger charge is 2.09. The second-order valence-corrected chi connectivity index (χ2v) is 5.87. The Balaban J connectivity index is 1.75. The third-order valence-corrected chi connectivity index (χ3v) is 3.52. The molecule has 25 heavy (non-hydrogen) atoms. The molecule has 0 saturated carbocycles. The minimum absolute atomic E-state index is 0.0474. The number of ether oxygens (including phenoxy) is 1. The molecule has 8 heteroatoms. The number of hydrazine groups is 1. The van der Waals surface area contributed by atoms with Crippen LogP contribution in [0, 0.1) is 6.92 Å². The lowest BCUT2D eigenvalue weighted by Gasteiger charge is -2.12. The number of para-hydroxylation sites is 1. The van der Waals surface area contributed by atoms with Crippen LogP contribution in [0.5, 0.6) is 5.75 Å². The van der Waals surface area contributed by atoms with E-state index < -0.39 is 11.8 Å². The molecule has 0 saturated heterocycles. The Morgan fingerprint density at radius 3 is 2.60 bits per heavy atom. The van der Waals surface area contributed by atoms with Crippen molar-refractivity contribution >= 4 is 40.7 Å². The topological polar surface area (TPSA) is 79.5 Å². The number of carbonyl (C=O) groups is 2. The molecule has 0 heterocycles. The number of rotatable bonds is 4. The minimum Gasteiger partial charge on any atom is -0.483 e. The predicted octanol–water partition coefficient (Wildman–Crippen LogP) is 2.36. The number of aryl methyl sites for hydroxylation is 1. The first-order valence-electron chi connectivity index (χ1n) is 7.30. The van der Waals surface area contributed by atoms with Gasteiger partial charge in [-0.1, -0.05) is 35.9 Å². The largest absolute Gasteiger partial charge is 0.483 e. The average Bonchev–Trinajstić information content (AvgIpc) is 2.59. The second-order valence-electron chi connectivity index (χ2n) is 5.02. The Hall–Kier alpha value is -2.64. The molecule has 0 fully saturated rings. The Kier molecular flexibility index (Phi) is 6.73. The number of benzene rings is 2. The van der Waals surface area contributed by atoms with E-state index in [0.717, 1.165) is 5.56 Å². The van der Waals surface area contributed by atoms with Crippen molar-refractivity contribution in [3.8, 4) is 5.75 Å². The summed E-state index contributed by atoms with van der Waals surface area (Å²) in [6, 6.07) is 13.8. The van der Waals surface area contributed by atoms with E-state index in [2.05, 4.69) is 16.2 Å². The van der Waals surface area contributed by atoms with Crippen molar-refractivity contribution in [1.82, 2.24) is 16.2 Å². The number of nitrogens with one attached hydrogen (secondary N) is 3. The van der Waals surface area contributed by atoms with E-state index in [1.807, 2.05) is 25.1 Å². The van der Waals surface area contributed by atoms with Crippen molar-refractivity contribution in [2.45, 2.75) is 6.92 Å². The normalized spacial score (nSPS) is 9.84. The lowest BCUT2D eigenvalue weighted by molar-refractivity contribution is -0.121. The summed E-state index contributed by atoms with van der Waals surface area (Å²) in [6.07, 6.45) is 0. The summed E-state index contributed by atoms with van der Waals surface area (Å²) in [7, 11) is 0. The predicted molar refractivity (Wildman–Crippen MR) is 99.5 cm³/mol. The summed E-state index contributed by atoms with van der Waals surface area (Å²) in [4.78, 5) is 23.7. The Morgan fingerprint density at radius 1 is 1.12 bits per heavy atom. The molecule has 0 aliphatic carbocycles. The number of halogens is 1. The van der Waals surface area contributed by atoms with Crippen molar-refractivity contribution in [3.63, 3.8) is 0 Å². The van der Waals surface area contributed by atoms with Gasteiger partial charge in [-0.25, -0.2) is 0 Å². The molecule has 3 N–H and O–H groups in total. The van der Waals surface area contributed by atoms with Crippen molar-refractivity contribution in [2.24, 2.45) is 0 Å². The highest BCUT2D eigenvalue weighted by Crippen LogP contribution is 2.15. The van der Waals surface area contributed by atoms with E-state index in [-0.39, 0.29) is 11.7 Å². The molecule has 6 nitrogen and oxygen atoms in total. The van der Waals surface area contributed by atoms with Crippen LogP contribution in [-0.4, -0.2) is 23.5 Å². The molecule has 0 atom stereocenters. The maximum Gasteiger partial charge on any atom is 0.269 e. The molecule has 0 spiro atoms. The smallest absolute Gasteiger partial charge is 0.269 e. The zero-order valence-corrected chi connectivity index (χ0v) is 14.9. The lowest BCUT2D eigenvalue weighted by Crippen LogP contribution is -2.49. The second kappa shape index (κ2) is 9.00. The van der Waals surface area contributed by atoms with Crippen molar-refractivity contribution in [1.29, 1.82) is 0 Å². The average molecular weight is 378 g/mol. The molecular formula is C17H16ClN3O3S. The van der Waals surface area contributed by atoms with Crippen molar-refractivity contribution in [3.05, 3.63) is 64.7 Å². The minimum atomic E-state index is -0.447. The summed E-state index contributed by atoms with van der Waals surface area (Å²) in [5.74, 6) is -0.265. The molecule has 2 rings (SSSR count). The van der Waals surface area contributed by atoms with Gasteiger partial charge in [-0.15, -0.1) is 0 Å². The Labute approximate surface area is 155 Å². The van der Waals surface area contributed by atoms with E-state index in [1.165, 1.54) is 6.07 Å². The van der Waals surface area contributed by atoms with Gasteiger partial charge in [0.25, 0.3) is 11.8 Å². The fraction of sp³-hybridized carbons (Fsp3) is 0.118. The Morgan fingerprint density at radius 2 is 1.88 bits per heavy atom. The van der Waals surface area contributed by atoms with Crippen LogP contribution in [0.15, 0.2) is 48.5 Å². The van der Waals surface area contributed by atoms with Gasteiger partial charge < -0.3 is 4.74 Å². The molecule has 0 aliphatic heterocycles. The highest BCUT2D eigenvalue weighted by atomic mass is 35.5. The van der Waals surface area contributed by atoms with Crippen LogP contribution in [0.4, 0.5) is 0 Å². The molecule has 0 unspecified atom stereocenters. The molecule has 2 aromatic rings. The van der Waals surface area contributed by atoms with Crippen molar-refractivity contribution in [2.75, 3.05) is 6.61 Å². The summed E-state index contributed by atoms with van der Waals surface area (Å²) in [6.45, 7) is 1.68. The first-order valence-corrected chi connectivity index (χ1v) is 8.08. The molecule has 0 aliphatic rings. The van der Waals surface area contributed by atoms with Gasteiger partial charge in [0.1, 0.15) is 5.75 Å². The van der Waals surface area contributed by atoms with Gasteiger partial charge in [0.2, 0.25) is 0 Å². The van der Waals surface area contributed by atoms with Gasteiger partial charge in [0, 0.05) is 10.6 Å². The maximum absolute atomic E-state index is 11.9. The standard InChI is InChI=1S/C17H16ClN3O3S/c1-11-5-2-3-8-14(11)24-10-15(22)19-17(25)21-20-16(23)12-6-4-7-13(18)9-12/h2-9H,10H2,1H3,(H,20,23)(H2,19,21,22,25). The quantitative estimate of drug-likeness (QED) is 0.563. The SMILES string of the molecule is Cc1ccccc1OCC(=O)NC(=S)NNC(=O)c1cccc(Cl)c1. The van der Waals surface area contributed by atoms with E-state index in [1.54, 1.807) is 24.3 Å². The number of hydrogen-bond acceptors (Lipinski definition) is 4. The van der Waals surface area contributed by atoms with E-state index in [4.69, 9.17) is 28.6 Å². The summed E-state index contributed by atoms with van der Waals surface area (Å²) in [5.41, 5.74) is 6.09. The van der Waals surface area contributed by atoms with Gasteiger partial charge >= 0.3 is 0 Å². The molecule has 2 amide bonds. The summed E-state index contributed by atoms with van der Waals surface area (Å²) >= 11 is 10.8. The van der Waals surface area contributed by atoms with Gasteiger partial charge in [0.05, 0.1) is 0 Å². The monoisotopic (exact) mass is 377 g/mol. The molecular weight excluding hydrogens is 362 g/mol. The van der Waals surface area contributed by atoms with Gasteiger partial charge in [-0.3, -0.25) is 25.8 Å². The van der Waals surface area contributed by atoms with Crippen LogP contribution >= 0.6 is 23.8 Å². The fourth-order valence-electron chi connectivity index (χ4n) is 1.87.